The summed E-state index contributed by atoms with van der Waals surface area (Å²) in [5.74, 6) is 0.0201. The van der Waals surface area contributed by atoms with Gasteiger partial charge in [-0.25, -0.2) is 5.01 Å². The molecule has 0 saturated carbocycles. The summed E-state index contributed by atoms with van der Waals surface area (Å²) >= 11 is 0. The summed E-state index contributed by atoms with van der Waals surface area (Å²) in [4.78, 5) is 11.4. The number of ether oxygens (including phenoxy) is 1. The van der Waals surface area contributed by atoms with Crippen molar-refractivity contribution in [1.82, 2.24) is 10.4 Å². The van der Waals surface area contributed by atoms with Gasteiger partial charge in [-0.3, -0.25) is 10.2 Å². The number of carbonyl (C=O) groups is 1. The molecule has 0 bridgehead atoms. The third-order valence-corrected chi connectivity index (χ3v) is 4.12. The molecule has 1 heterocycles. The lowest BCUT2D eigenvalue weighted by atomic mass is 9.97. The van der Waals surface area contributed by atoms with E-state index in [-0.39, 0.29) is 18.5 Å². The lowest BCUT2D eigenvalue weighted by molar-refractivity contribution is -0.190. The second kappa shape index (κ2) is 6.92. The van der Waals surface area contributed by atoms with Crippen molar-refractivity contribution >= 4 is 16.7 Å². The number of benzene rings is 2. The summed E-state index contributed by atoms with van der Waals surface area (Å²) in [6.45, 7) is 2.37. The maximum Gasteiger partial charge on any atom is 0.409 e. The number of carbonyl (C=O) groups excluding carboxylic acids is 1. The number of hydrogen-bond acceptors (Lipinski definition) is 3. The zero-order chi connectivity index (χ0) is 18.0. The van der Waals surface area contributed by atoms with E-state index in [0.29, 0.717) is 23.1 Å². The smallest absolute Gasteiger partial charge is 0.409 e. The minimum Gasteiger partial charge on any atom is -0.493 e. The van der Waals surface area contributed by atoms with Crippen LogP contribution in [-0.4, -0.2) is 30.2 Å². The Kier molecular flexibility index (Phi) is 4.85. The Labute approximate surface area is 143 Å². The van der Waals surface area contributed by atoms with Crippen LogP contribution in [0.25, 0.3) is 10.8 Å². The number of halogens is 3. The molecule has 2 aromatic rings. The van der Waals surface area contributed by atoms with Crippen molar-refractivity contribution in [2.45, 2.75) is 32.0 Å². The first-order chi connectivity index (χ1) is 11.9. The first-order valence-electron chi connectivity index (χ1n) is 8.19. The molecule has 1 fully saturated rings. The molecule has 1 aliphatic rings. The Morgan fingerprint density at radius 3 is 2.56 bits per heavy atom. The quantitative estimate of drug-likeness (QED) is 0.885. The zero-order valence-corrected chi connectivity index (χ0v) is 13.8. The van der Waals surface area contributed by atoms with Gasteiger partial charge in [0.15, 0.2) is 6.04 Å². The van der Waals surface area contributed by atoms with Crippen LogP contribution < -0.4 is 10.2 Å². The fraction of sp³-hybridized carbons (Fsp3) is 0.389. The minimum absolute atomic E-state index is 0.0113. The molecule has 1 atom stereocenters. The molecule has 7 heteroatoms. The predicted molar refractivity (Wildman–Crippen MR) is 88.0 cm³/mol. The number of hydrogen-bond donors (Lipinski definition) is 1. The normalized spacial score (nSPS) is 16.9. The van der Waals surface area contributed by atoms with Gasteiger partial charge in [0.25, 0.3) is 0 Å². The van der Waals surface area contributed by atoms with E-state index in [1.54, 1.807) is 30.3 Å². The average molecular weight is 352 g/mol. The third-order valence-electron chi connectivity index (χ3n) is 4.12. The van der Waals surface area contributed by atoms with Crippen molar-refractivity contribution < 1.29 is 22.7 Å². The van der Waals surface area contributed by atoms with Crippen LogP contribution in [0.15, 0.2) is 36.4 Å². The van der Waals surface area contributed by atoms with E-state index >= 15 is 0 Å². The summed E-state index contributed by atoms with van der Waals surface area (Å²) in [6, 6.07) is 8.08. The van der Waals surface area contributed by atoms with Crippen LogP contribution in [0.1, 0.15) is 31.4 Å². The molecule has 0 aliphatic carbocycles. The van der Waals surface area contributed by atoms with Gasteiger partial charge in [0.2, 0.25) is 5.91 Å². The summed E-state index contributed by atoms with van der Waals surface area (Å²) in [6.07, 6.45) is -3.73. The van der Waals surface area contributed by atoms with Gasteiger partial charge in [0.05, 0.1) is 6.61 Å². The Morgan fingerprint density at radius 1 is 1.24 bits per heavy atom. The standard InChI is InChI=1S/C18H19F3N2O2/c1-2-11-25-14-8-4-6-12-5-3-7-13(16(12)14)17(18(19,20)21)23-10-9-15(24)22-23/h3-8,17H,2,9-11H2,1H3,(H,22,24). The number of amides is 1. The monoisotopic (exact) mass is 352 g/mol. The molecule has 0 radical (unpaired) electrons. The molecule has 0 spiro atoms. The van der Waals surface area contributed by atoms with Crippen molar-refractivity contribution in [2.75, 3.05) is 13.2 Å². The molecule has 0 aromatic heterocycles. The van der Waals surface area contributed by atoms with E-state index in [2.05, 4.69) is 5.43 Å². The van der Waals surface area contributed by atoms with Gasteiger partial charge in [-0.15, -0.1) is 0 Å². The number of nitrogens with zero attached hydrogens (tertiary/aromatic N) is 1. The van der Waals surface area contributed by atoms with Gasteiger partial charge < -0.3 is 4.74 Å². The Balaban J connectivity index is 2.15. The second-order valence-electron chi connectivity index (χ2n) is 5.97. The molecular weight excluding hydrogens is 333 g/mol. The highest BCUT2D eigenvalue weighted by atomic mass is 19.4. The number of hydrazine groups is 1. The van der Waals surface area contributed by atoms with Gasteiger partial charge in [0.1, 0.15) is 5.75 Å². The molecule has 3 rings (SSSR count). The van der Waals surface area contributed by atoms with Gasteiger partial charge in [0, 0.05) is 18.4 Å². The second-order valence-corrected chi connectivity index (χ2v) is 5.97. The fourth-order valence-electron chi connectivity index (χ4n) is 3.10. The van der Waals surface area contributed by atoms with E-state index in [1.807, 2.05) is 6.92 Å². The molecule has 134 valence electrons. The van der Waals surface area contributed by atoms with E-state index in [9.17, 15) is 18.0 Å². The van der Waals surface area contributed by atoms with Crippen LogP contribution >= 0.6 is 0 Å². The van der Waals surface area contributed by atoms with E-state index < -0.39 is 18.1 Å². The topological polar surface area (TPSA) is 41.6 Å². The number of rotatable bonds is 5. The van der Waals surface area contributed by atoms with E-state index in [0.717, 1.165) is 11.4 Å². The van der Waals surface area contributed by atoms with Crippen LogP contribution in [0.4, 0.5) is 13.2 Å². The van der Waals surface area contributed by atoms with Crippen LogP contribution in [0.2, 0.25) is 0 Å². The summed E-state index contributed by atoms with van der Waals surface area (Å²) in [7, 11) is 0. The highest BCUT2D eigenvalue weighted by molar-refractivity contribution is 5.92. The van der Waals surface area contributed by atoms with Gasteiger partial charge in [-0.2, -0.15) is 13.2 Å². The van der Waals surface area contributed by atoms with Crippen molar-refractivity contribution in [1.29, 1.82) is 0 Å². The van der Waals surface area contributed by atoms with Crippen molar-refractivity contribution in [3.05, 3.63) is 42.0 Å². The highest BCUT2D eigenvalue weighted by Gasteiger charge is 2.47. The molecular formula is C18H19F3N2O2. The molecule has 2 aromatic carbocycles. The summed E-state index contributed by atoms with van der Waals surface area (Å²) in [5.41, 5.74) is 2.40. The highest BCUT2D eigenvalue weighted by Crippen LogP contribution is 2.43. The summed E-state index contributed by atoms with van der Waals surface area (Å²) in [5, 5.41) is 2.07. The number of nitrogens with one attached hydrogen (secondary N) is 1. The van der Waals surface area contributed by atoms with Crippen LogP contribution in [-0.2, 0) is 4.79 Å². The molecule has 4 nitrogen and oxygen atoms in total. The molecule has 1 unspecified atom stereocenters. The molecule has 1 aliphatic heterocycles. The van der Waals surface area contributed by atoms with Gasteiger partial charge in [-0.05, 0) is 23.4 Å². The minimum atomic E-state index is -4.54. The molecule has 1 amide bonds. The lowest BCUT2D eigenvalue weighted by Gasteiger charge is -2.30. The first-order valence-corrected chi connectivity index (χ1v) is 8.19. The van der Waals surface area contributed by atoms with Gasteiger partial charge >= 0.3 is 6.18 Å². The van der Waals surface area contributed by atoms with Crippen molar-refractivity contribution in [2.24, 2.45) is 0 Å². The van der Waals surface area contributed by atoms with Crippen molar-refractivity contribution in [3.63, 3.8) is 0 Å². The fourth-order valence-corrected chi connectivity index (χ4v) is 3.10. The average Bonchev–Trinajstić information content (AvgIpc) is 2.97. The van der Waals surface area contributed by atoms with Crippen LogP contribution in [0.5, 0.6) is 5.75 Å². The Morgan fingerprint density at radius 2 is 1.96 bits per heavy atom. The van der Waals surface area contributed by atoms with Crippen LogP contribution in [0.3, 0.4) is 0 Å². The maximum atomic E-state index is 13.9. The van der Waals surface area contributed by atoms with E-state index in [4.69, 9.17) is 4.74 Å². The van der Waals surface area contributed by atoms with Crippen molar-refractivity contribution in [3.8, 4) is 5.75 Å². The predicted octanol–water partition coefficient (Wildman–Crippen LogP) is 3.97. The first kappa shape index (κ1) is 17.5. The maximum absolute atomic E-state index is 13.9. The number of alkyl halides is 3. The number of fused-ring (bicyclic) bond motifs is 1. The largest absolute Gasteiger partial charge is 0.493 e. The Hall–Kier alpha value is -2.28. The lowest BCUT2D eigenvalue weighted by Crippen LogP contribution is -2.43. The van der Waals surface area contributed by atoms with Crippen LogP contribution in [0, 0.1) is 0 Å². The summed E-state index contributed by atoms with van der Waals surface area (Å²) < 4.78 is 47.3. The van der Waals surface area contributed by atoms with Gasteiger partial charge in [-0.1, -0.05) is 37.3 Å². The SMILES string of the molecule is CCCOc1cccc2cccc(C(N3CCC(=O)N3)C(F)(F)F)c12. The zero-order valence-electron chi connectivity index (χ0n) is 13.8. The third kappa shape index (κ3) is 3.56. The molecule has 1 saturated heterocycles. The molecule has 25 heavy (non-hydrogen) atoms. The molecule has 1 N–H and O–H groups in total. The Bertz CT molecular complexity index is 771. The van der Waals surface area contributed by atoms with E-state index in [1.165, 1.54) is 6.07 Å².